The predicted molar refractivity (Wildman–Crippen MR) is 91.2 cm³/mol. The highest BCUT2D eigenvalue weighted by Crippen LogP contribution is 2.36. The lowest BCUT2D eigenvalue weighted by atomic mass is 10.1. The number of rotatable bonds is 4. The number of aromatic nitrogens is 4. The zero-order valence-electron chi connectivity index (χ0n) is 13.9. The fourth-order valence-corrected chi connectivity index (χ4v) is 5.05. The molecule has 0 amide bonds. The molecule has 2 aromatic rings. The molecule has 3 rings (SSSR count). The molecule has 0 spiro atoms. The Bertz CT molecular complexity index is 814. The quantitative estimate of drug-likeness (QED) is 0.828. The van der Waals surface area contributed by atoms with Crippen molar-refractivity contribution in [2.45, 2.75) is 50.1 Å². The lowest BCUT2D eigenvalue weighted by Gasteiger charge is -2.27. The van der Waals surface area contributed by atoms with Gasteiger partial charge >= 0.3 is 0 Å². The van der Waals surface area contributed by atoms with Crippen molar-refractivity contribution < 1.29 is 8.42 Å². The van der Waals surface area contributed by atoms with Gasteiger partial charge in [0, 0.05) is 32.5 Å². The lowest BCUT2D eigenvalue weighted by Crippen LogP contribution is -2.35. The van der Waals surface area contributed by atoms with Crippen molar-refractivity contribution in [1.82, 2.24) is 23.9 Å². The topological polar surface area (TPSA) is 73.0 Å². The Balaban J connectivity index is 2.02. The van der Waals surface area contributed by atoms with Crippen LogP contribution in [0.5, 0.6) is 0 Å². The fourth-order valence-electron chi connectivity index (χ4n) is 3.13. The summed E-state index contributed by atoms with van der Waals surface area (Å²) in [5.74, 6) is 0. The SMILES string of the molecule is CCn1cc(S(=O)(=O)N2CCCCC[C@@H]2c2nn(C)cc2Cl)cn1. The molecule has 1 saturated heterocycles. The van der Waals surface area contributed by atoms with Gasteiger partial charge in [-0.2, -0.15) is 14.5 Å². The summed E-state index contributed by atoms with van der Waals surface area (Å²) in [6, 6.07) is -0.337. The number of hydrogen-bond acceptors (Lipinski definition) is 4. The van der Waals surface area contributed by atoms with E-state index in [4.69, 9.17) is 11.6 Å². The van der Waals surface area contributed by atoms with Gasteiger partial charge in [0.25, 0.3) is 0 Å². The maximum absolute atomic E-state index is 13.2. The number of sulfonamides is 1. The number of hydrogen-bond donors (Lipinski definition) is 0. The Morgan fingerprint density at radius 3 is 2.71 bits per heavy atom. The van der Waals surface area contributed by atoms with E-state index in [9.17, 15) is 8.42 Å². The fraction of sp³-hybridized carbons (Fsp3) is 0.600. The van der Waals surface area contributed by atoms with E-state index in [2.05, 4.69) is 10.2 Å². The van der Waals surface area contributed by atoms with E-state index in [0.29, 0.717) is 23.8 Å². The van der Waals surface area contributed by atoms with E-state index in [1.807, 2.05) is 6.92 Å². The first kappa shape index (κ1) is 17.4. The molecule has 1 fully saturated rings. The third kappa shape index (κ3) is 3.22. The molecule has 0 N–H and O–H groups in total. The molecule has 0 bridgehead atoms. The van der Waals surface area contributed by atoms with Gasteiger partial charge in [0.2, 0.25) is 10.0 Å². The summed E-state index contributed by atoms with van der Waals surface area (Å²) < 4.78 is 31.1. The van der Waals surface area contributed by atoms with Crippen LogP contribution >= 0.6 is 11.6 Å². The molecule has 1 aliphatic rings. The van der Waals surface area contributed by atoms with E-state index in [-0.39, 0.29) is 10.9 Å². The second-order valence-electron chi connectivity index (χ2n) is 6.05. The van der Waals surface area contributed by atoms with Crippen LogP contribution in [-0.4, -0.2) is 38.8 Å². The molecular formula is C15H22ClN5O2S. The standard InChI is InChI=1S/C15H22ClN5O2S/c1-3-20-10-12(9-17-20)24(22,23)21-8-6-4-5-7-14(21)15-13(16)11-19(2)18-15/h9-11,14H,3-8H2,1-2H3/t14-/m1/s1. The molecule has 132 valence electrons. The van der Waals surface area contributed by atoms with E-state index >= 15 is 0 Å². The maximum Gasteiger partial charge on any atom is 0.246 e. The summed E-state index contributed by atoms with van der Waals surface area (Å²) in [5.41, 5.74) is 0.632. The van der Waals surface area contributed by atoms with Crippen molar-refractivity contribution in [2.24, 2.45) is 7.05 Å². The van der Waals surface area contributed by atoms with Crippen LogP contribution in [0.2, 0.25) is 5.02 Å². The highest BCUT2D eigenvalue weighted by Gasteiger charge is 2.36. The van der Waals surface area contributed by atoms with Gasteiger partial charge in [0.05, 0.1) is 23.0 Å². The van der Waals surface area contributed by atoms with Crippen molar-refractivity contribution in [3.63, 3.8) is 0 Å². The smallest absolute Gasteiger partial charge is 0.246 e. The van der Waals surface area contributed by atoms with Crippen molar-refractivity contribution in [2.75, 3.05) is 6.54 Å². The average molecular weight is 372 g/mol. The zero-order chi connectivity index (χ0) is 17.3. The summed E-state index contributed by atoms with van der Waals surface area (Å²) in [7, 11) is -1.85. The number of halogens is 1. The highest BCUT2D eigenvalue weighted by molar-refractivity contribution is 7.89. The first-order chi connectivity index (χ1) is 11.4. The Labute approximate surface area is 147 Å². The van der Waals surface area contributed by atoms with Crippen LogP contribution < -0.4 is 0 Å². The van der Waals surface area contributed by atoms with Crippen molar-refractivity contribution in [1.29, 1.82) is 0 Å². The maximum atomic E-state index is 13.2. The summed E-state index contributed by atoms with van der Waals surface area (Å²) in [5, 5.41) is 9.02. The molecule has 1 atom stereocenters. The predicted octanol–water partition coefficient (Wildman–Crippen LogP) is 2.60. The number of aryl methyl sites for hydroxylation is 2. The van der Waals surface area contributed by atoms with Crippen LogP contribution in [0.1, 0.15) is 44.3 Å². The lowest BCUT2D eigenvalue weighted by molar-refractivity contribution is 0.321. The summed E-state index contributed by atoms with van der Waals surface area (Å²) in [6.07, 6.45) is 8.22. The van der Waals surface area contributed by atoms with Crippen LogP contribution in [0.25, 0.3) is 0 Å². The minimum absolute atomic E-state index is 0.225. The first-order valence-corrected chi connectivity index (χ1v) is 9.98. The Hall–Kier alpha value is -1.38. The summed E-state index contributed by atoms with van der Waals surface area (Å²) in [6.45, 7) is 3.02. The van der Waals surface area contributed by atoms with Crippen LogP contribution in [0, 0.1) is 0 Å². The minimum atomic E-state index is -3.64. The first-order valence-electron chi connectivity index (χ1n) is 8.17. The van der Waals surface area contributed by atoms with E-state index in [0.717, 1.165) is 25.7 Å². The molecule has 7 nitrogen and oxygen atoms in total. The van der Waals surface area contributed by atoms with Crippen LogP contribution in [0.15, 0.2) is 23.5 Å². The van der Waals surface area contributed by atoms with Gasteiger partial charge in [-0.3, -0.25) is 9.36 Å². The van der Waals surface area contributed by atoms with E-state index < -0.39 is 10.0 Å². The Morgan fingerprint density at radius 1 is 1.29 bits per heavy atom. The molecule has 0 saturated carbocycles. The van der Waals surface area contributed by atoms with Crippen molar-refractivity contribution in [3.05, 3.63) is 29.3 Å². The van der Waals surface area contributed by atoms with Gasteiger partial charge in [-0.15, -0.1) is 0 Å². The highest BCUT2D eigenvalue weighted by atomic mass is 35.5. The normalized spacial score (nSPS) is 20.2. The molecule has 0 radical (unpaired) electrons. The van der Waals surface area contributed by atoms with Gasteiger partial charge in [0.15, 0.2) is 0 Å². The van der Waals surface area contributed by atoms with Crippen LogP contribution in [0.4, 0.5) is 0 Å². The van der Waals surface area contributed by atoms with Gasteiger partial charge in [-0.05, 0) is 19.8 Å². The van der Waals surface area contributed by atoms with E-state index in [1.54, 1.807) is 33.1 Å². The molecule has 24 heavy (non-hydrogen) atoms. The zero-order valence-corrected chi connectivity index (χ0v) is 15.5. The second-order valence-corrected chi connectivity index (χ2v) is 8.35. The molecule has 9 heteroatoms. The van der Waals surface area contributed by atoms with Crippen LogP contribution in [0.3, 0.4) is 0 Å². The number of nitrogens with zero attached hydrogens (tertiary/aromatic N) is 5. The van der Waals surface area contributed by atoms with Crippen molar-refractivity contribution >= 4 is 21.6 Å². The minimum Gasteiger partial charge on any atom is -0.274 e. The molecule has 1 aliphatic heterocycles. The molecule has 2 aromatic heterocycles. The molecular weight excluding hydrogens is 350 g/mol. The van der Waals surface area contributed by atoms with Gasteiger partial charge < -0.3 is 0 Å². The third-order valence-electron chi connectivity index (χ3n) is 4.37. The molecule has 3 heterocycles. The second kappa shape index (κ2) is 6.85. The third-order valence-corrected chi connectivity index (χ3v) is 6.52. The Morgan fingerprint density at radius 2 is 2.08 bits per heavy atom. The van der Waals surface area contributed by atoms with Gasteiger partial charge in [0.1, 0.15) is 4.90 Å². The van der Waals surface area contributed by atoms with Crippen LogP contribution in [-0.2, 0) is 23.6 Å². The largest absolute Gasteiger partial charge is 0.274 e. The van der Waals surface area contributed by atoms with Crippen molar-refractivity contribution in [3.8, 4) is 0 Å². The van der Waals surface area contributed by atoms with E-state index in [1.165, 1.54) is 6.20 Å². The monoisotopic (exact) mass is 371 g/mol. The molecule has 0 unspecified atom stereocenters. The molecule has 0 aliphatic carbocycles. The summed E-state index contributed by atoms with van der Waals surface area (Å²) in [4.78, 5) is 0.225. The average Bonchev–Trinajstić information content (AvgIpc) is 3.06. The van der Waals surface area contributed by atoms with Gasteiger partial charge in [-0.1, -0.05) is 24.4 Å². The summed E-state index contributed by atoms with van der Waals surface area (Å²) >= 11 is 6.30. The molecule has 0 aromatic carbocycles. The Kier molecular flexibility index (Phi) is 4.98. The van der Waals surface area contributed by atoms with Gasteiger partial charge in [-0.25, -0.2) is 8.42 Å².